The highest BCUT2D eigenvalue weighted by atomic mass is 32.2. The van der Waals surface area contributed by atoms with Gasteiger partial charge in [-0.15, -0.1) is 0 Å². The fourth-order valence-electron chi connectivity index (χ4n) is 3.68. The molecular weight excluding hydrogens is 366 g/mol. The van der Waals surface area contributed by atoms with Crippen molar-refractivity contribution in [1.82, 2.24) is 4.72 Å². The van der Waals surface area contributed by atoms with E-state index in [1.54, 1.807) is 0 Å². The van der Waals surface area contributed by atoms with E-state index in [4.69, 9.17) is 0 Å². The quantitative estimate of drug-likeness (QED) is 0.626. The molecule has 0 radical (unpaired) electrons. The number of rotatable bonds is 5. The van der Waals surface area contributed by atoms with Crippen molar-refractivity contribution in [2.45, 2.75) is 30.6 Å². The van der Waals surface area contributed by atoms with Gasteiger partial charge in [0.2, 0.25) is 10.0 Å². The molecule has 0 atom stereocenters. The summed E-state index contributed by atoms with van der Waals surface area (Å²) in [7, 11) is -2.44. The van der Waals surface area contributed by atoms with Crippen LogP contribution in [0.1, 0.15) is 29.9 Å². The SMILES string of the molecule is CNS(=O)(=O)c1ccc(N2CCC(c3ccccc3C)CC2)c([N+](=O)[O-])c1. The summed E-state index contributed by atoms with van der Waals surface area (Å²) in [4.78, 5) is 12.9. The molecule has 0 amide bonds. The van der Waals surface area contributed by atoms with Gasteiger partial charge in [-0.1, -0.05) is 24.3 Å². The van der Waals surface area contributed by atoms with Crippen molar-refractivity contribution in [2.75, 3.05) is 25.0 Å². The summed E-state index contributed by atoms with van der Waals surface area (Å²) in [6.45, 7) is 3.49. The van der Waals surface area contributed by atoms with Crippen molar-refractivity contribution in [3.8, 4) is 0 Å². The Balaban J connectivity index is 1.84. The van der Waals surface area contributed by atoms with Crippen LogP contribution in [0.4, 0.5) is 11.4 Å². The second kappa shape index (κ2) is 7.66. The highest BCUT2D eigenvalue weighted by Crippen LogP contribution is 2.36. The van der Waals surface area contributed by atoms with E-state index < -0.39 is 14.9 Å². The molecule has 27 heavy (non-hydrogen) atoms. The zero-order valence-corrected chi connectivity index (χ0v) is 16.2. The zero-order valence-electron chi connectivity index (χ0n) is 15.4. The molecule has 8 heteroatoms. The van der Waals surface area contributed by atoms with Crippen LogP contribution in [0.25, 0.3) is 0 Å². The van der Waals surface area contributed by atoms with Gasteiger partial charge < -0.3 is 4.90 Å². The standard InChI is InChI=1S/C19H23N3O4S/c1-14-5-3-4-6-17(14)15-9-11-21(12-10-15)18-8-7-16(27(25,26)20-2)13-19(18)22(23)24/h3-8,13,15,20H,9-12H2,1-2H3. The van der Waals surface area contributed by atoms with Crippen LogP contribution in [0.15, 0.2) is 47.4 Å². The van der Waals surface area contributed by atoms with Crippen LogP contribution >= 0.6 is 0 Å². The summed E-state index contributed by atoms with van der Waals surface area (Å²) in [6.07, 6.45) is 1.80. The first kappa shape index (κ1) is 19.3. The van der Waals surface area contributed by atoms with Crippen LogP contribution in [0.3, 0.4) is 0 Å². The molecular formula is C19H23N3O4S. The Morgan fingerprint density at radius 1 is 1.15 bits per heavy atom. The number of nitro groups is 1. The van der Waals surface area contributed by atoms with Gasteiger partial charge in [-0.3, -0.25) is 10.1 Å². The number of hydrogen-bond acceptors (Lipinski definition) is 5. The van der Waals surface area contributed by atoms with Gasteiger partial charge in [0.1, 0.15) is 5.69 Å². The molecule has 1 aliphatic heterocycles. The van der Waals surface area contributed by atoms with Gasteiger partial charge in [-0.2, -0.15) is 0 Å². The predicted octanol–water partition coefficient (Wildman–Crippen LogP) is 3.20. The summed E-state index contributed by atoms with van der Waals surface area (Å²) in [5.41, 5.74) is 2.89. The van der Waals surface area contributed by atoms with Crippen molar-refractivity contribution in [3.05, 3.63) is 63.7 Å². The molecule has 2 aromatic carbocycles. The highest BCUT2D eigenvalue weighted by molar-refractivity contribution is 7.89. The van der Waals surface area contributed by atoms with E-state index >= 15 is 0 Å². The molecule has 0 bridgehead atoms. The first-order valence-corrected chi connectivity index (χ1v) is 10.3. The normalized spacial score (nSPS) is 15.7. The topological polar surface area (TPSA) is 92.6 Å². The van der Waals surface area contributed by atoms with E-state index in [9.17, 15) is 18.5 Å². The zero-order chi connectivity index (χ0) is 19.6. The molecule has 1 heterocycles. The number of sulfonamides is 1. The number of benzene rings is 2. The second-order valence-corrected chi connectivity index (χ2v) is 8.62. The Bertz CT molecular complexity index is 951. The molecule has 1 saturated heterocycles. The number of anilines is 1. The molecule has 1 aliphatic rings. The van der Waals surface area contributed by atoms with Crippen molar-refractivity contribution in [3.63, 3.8) is 0 Å². The van der Waals surface area contributed by atoms with Crippen LogP contribution in [0.2, 0.25) is 0 Å². The number of nitrogens with one attached hydrogen (secondary N) is 1. The highest BCUT2D eigenvalue weighted by Gasteiger charge is 2.27. The lowest BCUT2D eigenvalue weighted by Gasteiger charge is -2.34. The summed E-state index contributed by atoms with van der Waals surface area (Å²) < 4.78 is 26.1. The Labute approximate surface area is 159 Å². The maximum atomic E-state index is 11.9. The van der Waals surface area contributed by atoms with E-state index in [0.717, 1.165) is 18.9 Å². The molecule has 1 N–H and O–H groups in total. The van der Waals surface area contributed by atoms with Crippen molar-refractivity contribution in [1.29, 1.82) is 0 Å². The molecule has 144 valence electrons. The lowest BCUT2D eigenvalue weighted by molar-refractivity contribution is -0.384. The van der Waals surface area contributed by atoms with Crippen LogP contribution in [-0.4, -0.2) is 33.5 Å². The average molecular weight is 389 g/mol. The monoisotopic (exact) mass is 389 g/mol. The van der Waals surface area contributed by atoms with Gasteiger partial charge >= 0.3 is 0 Å². The van der Waals surface area contributed by atoms with E-state index in [1.165, 1.54) is 30.3 Å². The Hall–Kier alpha value is -2.45. The largest absolute Gasteiger partial charge is 0.366 e. The Morgan fingerprint density at radius 3 is 2.41 bits per heavy atom. The van der Waals surface area contributed by atoms with Crippen molar-refractivity contribution >= 4 is 21.4 Å². The van der Waals surface area contributed by atoms with Crippen molar-refractivity contribution < 1.29 is 13.3 Å². The number of piperidine rings is 1. The summed E-state index contributed by atoms with van der Waals surface area (Å²) in [6, 6.07) is 12.4. The maximum absolute atomic E-state index is 11.9. The van der Waals surface area contributed by atoms with E-state index in [1.807, 2.05) is 17.0 Å². The molecule has 0 saturated carbocycles. The minimum absolute atomic E-state index is 0.102. The molecule has 1 fully saturated rings. The van der Waals surface area contributed by atoms with Crippen LogP contribution in [-0.2, 0) is 10.0 Å². The first-order valence-electron chi connectivity index (χ1n) is 8.86. The van der Waals surface area contributed by atoms with E-state index in [-0.39, 0.29) is 10.6 Å². The van der Waals surface area contributed by atoms with Crippen molar-refractivity contribution in [2.24, 2.45) is 0 Å². The lowest BCUT2D eigenvalue weighted by atomic mass is 9.87. The second-order valence-electron chi connectivity index (χ2n) is 6.73. The molecule has 0 aromatic heterocycles. The van der Waals surface area contributed by atoms with Gasteiger partial charge in [0, 0.05) is 19.2 Å². The number of hydrogen-bond donors (Lipinski definition) is 1. The Kier molecular flexibility index (Phi) is 5.48. The number of aryl methyl sites for hydroxylation is 1. The number of nitrogens with zero attached hydrogens (tertiary/aromatic N) is 2. The average Bonchev–Trinajstić information content (AvgIpc) is 2.68. The van der Waals surface area contributed by atoms with Crippen LogP contribution in [0.5, 0.6) is 0 Å². The maximum Gasteiger partial charge on any atom is 0.293 e. The third-order valence-electron chi connectivity index (χ3n) is 5.19. The molecule has 7 nitrogen and oxygen atoms in total. The van der Waals surface area contributed by atoms with Gasteiger partial charge in [0.05, 0.1) is 9.82 Å². The molecule has 0 unspecified atom stereocenters. The predicted molar refractivity (Wildman–Crippen MR) is 105 cm³/mol. The smallest absolute Gasteiger partial charge is 0.293 e. The molecule has 2 aromatic rings. The summed E-state index contributed by atoms with van der Waals surface area (Å²) in [5, 5.41) is 11.5. The van der Waals surface area contributed by atoms with Gasteiger partial charge in [-0.25, -0.2) is 13.1 Å². The fraction of sp³-hybridized carbons (Fsp3) is 0.368. The Morgan fingerprint density at radius 2 is 1.81 bits per heavy atom. The first-order chi connectivity index (χ1) is 12.8. The molecule has 0 aliphatic carbocycles. The van der Waals surface area contributed by atoms with E-state index in [0.29, 0.717) is 24.7 Å². The van der Waals surface area contributed by atoms with Gasteiger partial charge in [0.15, 0.2) is 0 Å². The summed E-state index contributed by atoms with van der Waals surface area (Å²) in [5.74, 6) is 0.436. The minimum Gasteiger partial charge on any atom is -0.366 e. The van der Waals surface area contributed by atoms with Crippen LogP contribution in [0, 0.1) is 17.0 Å². The molecule has 0 spiro atoms. The third-order valence-corrected chi connectivity index (χ3v) is 6.60. The van der Waals surface area contributed by atoms with E-state index in [2.05, 4.69) is 23.8 Å². The lowest BCUT2D eigenvalue weighted by Crippen LogP contribution is -2.33. The fourth-order valence-corrected chi connectivity index (χ4v) is 4.43. The van der Waals surface area contributed by atoms with Crippen LogP contribution < -0.4 is 9.62 Å². The minimum atomic E-state index is -3.72. The van der Waals surface area contributed by atoms with Gasteiger partial charge in [-0.05, 0) is 56.0 Å². The van der Waals surface area contributed by atoms with Gasteiger partial charge in [0.25, 0.3) is 5.69 Å². The molecule has 3 rings (SSSR count). The summed E-state index contributed by atoms with van der Waals surface area (Å²) >= 11 is 0. The number of nitro benzene ring substituents is 1. The third kappa shape index (κ3) is 3.96.